The lowest BCUT2D eigenvalue weighted by Crippen LogP contribution is -2.72. The van der Waals surface area contributed by atoms with Crippen LogP contribution < -0.4 is 20.0 Å². The first-order valence-electron chi connectivity index (χ1n) is 17.7. The van der Waals surface area contributed by atoms with E-state index in [1.54, 1.807) is 0 Å². The fourth-order valence-electron chi connectivity index (χ4n) is 8.19. The zero-order valence-electron chi connectivity index (χ0n) is 30.1. The lowest BCUT2D eigenvalue weighted by molar-refractivity contribution is -0.118. The van der Waals surface area contributed by atoms with Crippen LogP contribution in [0.15, 0.2) is 66.9 Å². The Balaban J connectivity index is 1.22. The van der Waals surface area contributed by atoms with E-state index in [0.717, 1.165) is 23.2 Å². The van der Waals surface area contributed by atoms with Gasteiger partial charge in [0.25, 0.3) is 0 Å². The van der Waals surface area contributed by atoms with Crippen molar-refractivity contribution in [1.82, 2.24) is 19.9 Å². The Morgan fingerprint density at radius 1 is 0.922 bits per heavy atom. The van der Waals surface area contributed by atoms with Gasteiger partial charge in [0.2, 0.25) is 0 Å². The van der Waals surface area contributed by atoms with Crippen LogP contribution in [0.25, 0.3) is 10.9 Å². The second-order valence-corrected chi connectivity index (χ2v) is 21.2. The van der Waals surface area contributed by atoms with Gasteiger partial charge in [0, 0.05) is 19.3 Å². The predicted octanol–water partition coefficient (Wildman–Crippen LogP) is 6.74. The lowest BCUT2D eigenvalue weighted by atomic mass is 10.1. The maximum absolute atomic E-state index is 15.6. The van der Waals surface area contributed by atoms with E-state index in [-0.39, 0.29) is 51.9 Å². The number of aromatic nitrogens is 3. The molecule has 2 bridgehead atoms. The first-order valence-corrected chi connectivity index (χ1v) is 20.1. The van der Waals surface area contributed by atoms with Crippen LogP contribution in [-0.2, 0) is 9.53 Å². The van der Waals surface area contributed by atoms with Crippen molar-refractivity contribution in [3.63, 3.8) is 0 Å². The third-order valence-electron chi connectivity index (χ3n) is 10.7. The average molecular weight is 730 g/mol. The quantitative estimate of drug-likeness (QED) is 0.146. The highest BCUT2D eigenvalue weighted by atomic mass is 35.5. The molecule has 2 aromatic heterocycles. The van der Waals surface area contributed by atoms with Crippen LogP contribution in [0.2, 0.25) is 10.2 Å². The van der Waals surface area contributed by atoms with Crippen LogP contribution in [0, 0.1) is 11.2 Å². The van der Waals surface area contributed by atoms with Gasteiger partial charge in [-0.2, -0.15) is 9.97 Å². The van der Waals surface area contributed by atoms with Gasteiger partial charge < -0.3 is 19.2 Å². The van der Waals surface area contributed by atoms with Crippen LogP contribution in [0.1, 0.15) is 67.2 Å². The number of piperazine rings is 1. The second-order valence-electron chi connectivity index (χ2n) is 16.3. The molecule has 1 aliphatic carbocycles. The van der Waals surface area contributed by atoms with Crippen molar-refractivity contribution in [3.8, 4) is 6.01 Å². The van der Waals surface area contributed by atoms with Crippen molar-refractivity contribution in [3.05, 3.63) is 77.8 Å². The van der Waals surface area contributed by atoms with Crippen molar-refractivity contribution >= 4 is 58.3 Å². The van der Waals surface area contributed by atoms with Gasteiger partial charge in [0.15, 0.2) is 19.0 Å². The summed E-state index contributed by atoms with van der Waals surface area (Å²) in [5.74, 6) is -0.301. The number of halogens is 2. The Hall–Kier alpha value is -4.09. The minimum Gasteiger partial charge on any atom is -0.462 e. The molecule has 9 nitrogen and oxygen atoms in total. The zero-order chi connectivity index (χ0) is 36.3. The van der Waals surface area contributed by atoms with Gasteiger partial charge in [0.05, 0.1) is 22.9 Å². The summed E-state index contributed by atoms with van der Waals surface area (Å²) >= 11 is 6.15. The number of anilines is 1. The Bertz CT molecular complexity index is 1910. The van der Waals surface area contributed by atoms with Gasteiger partial charge in [0.1, 0.15) is 28.9 Å². The number of rotatable bonds is 8. The maximum atomic E-state index is 15.6. The third-order valence-corrected chi connectivity index (χ3v) is 16.8. The van der Waals surface area contributed by atoms with Crippen LogP contribution in [-0.4, -0.2) is 76.8 Å². The molecule has 2 unspecified atom stereocenters. The molecule has 12 heteroatoms. The van der Waals surface area contributed by atoms with E-state index >= 15 is 9.18 Å². The fourth-order valence-corrected chi connectivity index (χ4v) is 14.1. The van der Waals surface area contributed by atoms with E-state index in [0.29, 0.717) is 37.1 Å². The van der Waals surface area contributed by atoms with Crippen molar-refractivity contribution in [1.29, 1.82) is 0 Å². The number of hydrogen-bond acceptors (Lipinski definition) is 8. The molecule has 4 aromatic rings. The topological polar surface area (TPSA) is 97.8 Å². The number of hydrogen-bond donors (Lipinski definition) is 0. The largest absolute Gasteiger partial charge is 0.462 e. The van der Waals surface area contributed by atoms with Gasteiger partial charge in [-0.15, -0.1) is 0 Å². The molecule has 1 saturated carbocycles. The lowest BCUT2D eigenvalue weighted by Gasteiger charge is -2.44. The molecule has 0 N–H and O–H groups in total. The summed E-state index contributed by atoms with van der Waals surface area (Å²) in [5.41, 5.74) is -1.35. The highest BCUT2D eigenvalue weighted by molar-refractivity contribution is 7.24. The molecule has 4 heterocycles. The van der Waals surface area contributed by atoms with Crippen molar-refractivity contribution in [2.75, 3.05) is 24.6 Å². The van der Waals surface area contributed by atoms with Crippen molar-refractivity contribution in [2.45, 2.75) is 89.9 Å². The number of pyridine rings is 1. The number of nitrogens with zero attached hydrogens (tertiary/aromatic N) is 5. The zero-order valence-corrected chi connectivity index (χ0v) is 31.8. The molecule has 2 aliphatic heterocycles. The molecule has 51 heavy (non-hydrogen) atoms. The van der Waals surface area contributed by atoms with E-state index in [4.69, 9.17) is 26.1 Å². The molecule has 3 fully saturated rings. The minimum absolute atomic E-state index is 0.0000711. The van der Waals surface area contributed by atoms with Gasteiger partial charge >= 0.3 is 12.1 Å². The fraction of sp³-hybridized carbons (Fsp3) is 0.462. The summed E-state index contributed by atoms with van der Waals surface area (Å²) in [6.45, 7) is 13.1. The van der Waals surface area contributed by atoms with Gasteiger partial charge in [-0.1, -0.05) is 93.0 Å². The smallest absolute Gasteiger partial charge is 0.410 e. The van der Waals surface area contributed by atoms with E-state index in [1.807, 2.05) is 62.1 Å². The average Bonchev–Trinajstić information content (AvgIpc) is 3.83. The Kier molecular flexibility index (Phi) is 8.89. The molecule has 268 valence electrons. The molecule has 0 radical (unpaired) electrons. The summed E-state index contributed by atoms with van der Waals surface area (Å²) in [6.07, 6.45) is 4.15. The number of fused-ring (bicyclic) bond motifs is 3. The monoisotopic (exact) mass is 729 g/mol. The van der Waals surface area contributed by atoms with Gasteiger partial charge in [-0.3, -0.25) is 4.90 Å². The standard InChI is InChI=1S/C39H45ClFN5O4Si/c1-37(2,3)50-36(48)46-25-17-18-26(46)23-45(22-25)33-29-21-42-32(40)30(41)31(29)43-35(44-33)49-24-39(19-20-39)34(47)51(38(4,5)6,27-13-9-7-10-14-27)28-15-11-8-12-16-28/h7-16,21,25-26H,17-20,22-24H2,1-6H3. The maximum Gasteiger partial charge on any atom is 0.410 e. The summed E-state index contributed by atoms with van der Waals surface area (Å²) in [5, 5.41) is 2.09. The van der Waals surface area contributed by atoms with Crippen LogP contribution in [0.3, 0.4) is 0 Å². The summed E-state index contributed by atoms with van der Waals surface area (Å²) in [4.78, 5) is 45.8. The molecule has 0 spiro atoms. The van der Waals surface area contributed by atoms with Crippen LogP contribution >= 0.6 is 11.6 Å². The Morgan fingerprint density at radius 3 is 2.00 bits per heavy atom. The van der Waals surface area contributed by atoms with E-state index in [1.165, 1.54) is 6.20 Å². The number of amides is 1. The summed E-state index contributed by atoms with van der Waals surface area (Å²) < 4.78 is 27.7. The SMILES string of the molecule is CC(C)(C)OC(=O)N1C2CCC1CN(c1nc(OCC3(C(=O)[Si](c4ccccc4)(c4ccccc4)C(C)(C)C)CC3)nc3c(F)c(Cl)ncc13)C2. The number of ether oxygens (including phenoxy) is 2. The number of carbonyl (C=O) groups excluding carboxylic acids is 2. The number of benzene rings is 2. The molecule has 2 aromatic carbocycles. The van der Waals surface area contributed by atoms with E-state index < -0.39 is 24.9 Å². The number of carbonyl (C=O) groups is 2. The first-order chi connectivity index (χ1) is 24.1. The van der Waals surface area contributed by atoms with E-state index in [9.17, 15) is 4.79 Å². The molecule has 2 atom stereocenters. The van der Waals surface area contributed by atoms with Gasteiger partial charge in [-0.25, -0.2) is 14.2 Å². The molecular weight excluding hydrogens is 685 g/mol. The summed E-state index contributed by atoms with van der Waals surface area (Å²) in [7, 11) is -3.10. The van der Waals surface area contributed by atoms with E-state index in [2.05, 4.69) is 59.9 Å². The highest BCUT2D eigenvalue weighted by Crippen LogP contribution is 2.52. The van der Waals surface area contributed by atoms with Crippen molar-refractivity contribution < 1.29 is 23.5 Å². The van der Waals surface area contributed by atoms with Crippen molar-refractivity contribution in [2.24, 2.45) is 5.41 Å². The Labute approximate surface area is 304 Å². The summed E-state index contributed by atoms with van der Waals surface area (Å²) in [6, 6.07) is 20.1. The van der Waals surface area contributed by atoms with Crippen LogP contribution in [0.4, 0.5) is 15.0 Å². The molecular formula is C39H45ClFN5O4Si. The normalized spacial score (nSPS) is 20.0. The van der Waals surface area contributed by atoms with Crippen LogP contribution in [0.5, 0.6) is 6.01 Å². The second kappa shape index (κ2) is 12.8. The minimum atomic E-state index is -3.10. The first kappa shape index (κ1) is 35.3. The predicted molar refractivity (Wildman–Crippen MR) is 199 cm³/mol. The molecule has 2 saturated heterocycles. The molecule has 7 rings (SSSR count). The third kappa shape index (κ3) is 6.26. The molecule has 1 amide bonds. The Morgan fingerprint density at radius 2 is 1.49 bits per heavy atom. The van der Waals surface area contributed by atoms with Gasteiger partial charge in [-0.05, 0) is 61.9 Å². The molecule has 3 aliphatic rings. The highest BCUT2D eigenvalue weighted by Gasteiger charge is 2.64.